The van der Waals surface area contributed by atoms with Crippen LogP contribution in [-0.4, -0.2) is 74.0 Å². The second-order valence-electron chi connectivity index (χ2n) is 11.3. The number of para-hydroxylation sites is 2. The van der Waals surface area contributed by atoms with Gasteiger partial charge in [-0.3, -0.25) is 19.4 Å². The highest BCUT2D eigenvalue weighted by Gasteiger charge is 2.14. The molecule has 0 fully saturated rings. The van der Waals surface area contributed by atoms with E-state index in [0.29, 0.717) is 13.1 Å². The smallest absolute Gasteiger partial charge is 0.238 e. The van der Waals surface area contributed by atoms with E-state index >= 15 is 0 Å². The number of carbonyl (C=O) groups is 2. The summed E-state index contributed by atoms with van der Waals surface area (Å²) >= 11 is 0. The van der Waals surface area contributed by atoms with Crippen molar-refractivity contribution in [3.63, 3.8) is 0 Å². The Hall–Kier alpha value is -2.74. The van der Waals surface area contributed by atoms with E-state index in [1.807, 2.05) is 64.1 Å². The van der Waals surface area contributed by atoms with Gasteiger partial charge in [0.1, 0.15) is 0 Å². The number of anilines is 2. The van der Waals surface area contributed by atoms with Crippen LogP contribution in [0.15, 0.2) is 36.4 Å². The maximum Gasteiger partial charge on any atom is 0.238 e. The molecule has 0 saturated heterocycles. The summed E-state index contributed by atoms with van der Waals surface area (Å²) in [6.45, 7) is 18.8. The average molecular weight is 566 g/mol. The van der Waals surface area contributed by atoms with Crippen LogP contribution in [0.3, 0.4) is 0 Å². The van der Waals surface area contributed by atoms with Crippen LogP contribution in [0, 0.1) is 27.7 Å². The lowest BCUT2D eigenvalue weighted by Crippen LogP contribution is -2.38. The number of carbonyl (C=O) groups excluding carboxylic acids is 2. The van der Waals surface area contributed by atoms with Gasteiger partial charge in [-0.05, 0) is 102 Å². The Morgan fingerprint density at radius 1 is 0.585 bits per heavy atom. The van der Waals surface area contributed by atoms with Gasteiger partial charge in [0.2, 0.25) is 11.8 Å². The van der Waals surface area contributed by atoms with E-state index in [4.69, 9.17) is 0 Å². The largest absolute Gasteiger partial charge is 0.324 e. The number of rotatable bonds is 20. The van der Waals surface area contributed by atoms with Crippen LogP contribution in [0.5, 0.6) is 0 Å². The van der Waals surface area contributed by atoms with Crippen LogP contribution >= 0.6 is 0 Å². The molecule has 0 aliphatic carbocycles. The van der Waals surface area contributed by atoms with Gasteiger partial charge in [-0.25, -0.2) is 0 Å². The maximum absolute atomic E-state index is 12.8. The lowest BCUT2D eigenvalue weighted by atomic mass is 10.1. The summed E-state index contributed by atoms with van der Waals surface area (Å²) in [4.78, 5) is 30.0. The van der Waals surface area contributed by atoms with E-state index < -0.39 is 0 Å². The van der Waals surface area contributed by atoms with Gasteiger partial charge in [-0.2, -0.15) is 0 Å². The van der Waals surface area contributed by atoms with Crippen molar-refractivity contribution in [2.45, 2.75) is 80.1 Å². The summed E-state index contributed by atoms with van der Waals surface area (Å²) in [7, 11) is 0. The highest BCUT2D eigenvalue weighted by atomic mass is 16.2. The second-order valence-corrected chi connectivity index (χ2v) is 11.3. The van der Waals surface area contributed by atoms with Crippen molar-refractivity contribution in [2.75, 3.05) is 63.0 Å². The SMILES string of the molecule is CCCCN(CCCCCNCCN(CCC)CC(=O)Nc1c(C)cccc1C)CC(=O)Nc1c(C)cccc1C. The minimum atomic E-state index is 0.0474. The van der Waals surface area contributed by atoms with Gasteiger partial charge in [0, 0.05) is 24.5 Å². The first-order chi connectivity index (χ1) is 19.7. The predicted molar refractivity (Wildman–Crippen MR) is 174 cm³/mol. The molecule has 7 heteroatoms. The summed E-state index contributed by atoms with van der Waals surface area (Å²) in [5.74, 6) is 0.116. The first-order valence-corrected chi connectivity index (χ1v) is 15.6. The van der Waals surface area contributed by atoms with E-state index in [0.717, 1.165) is 111 Å². The highest BCUT2D eigenvalue weighted by Crippen LogP contribution is 2.20. The van der Waals surface area contributed by atoms with Crippen molar-refractivity contribution in [3.05, 3.63) is 58.7 Å². The van der Waals surface area contributed by atoms with E-state index in [2.05, 4.69) is 39.6 Å². The summed E-state index contributed by atoms with van der Waals surface area (Å²) in [5, 5.41) is 9.81. The molecule has 0 aliphatic heterocycles. The van der Waals surface area contributed by atoms with Gasteiger partial charge in [-0.1, -0.05) is 63.1 Å². The highest BCUT2D eigenvalue weighted by molar-refractivity contribution is 5.94. The molecule has 0 spiro atoms. The quantitative estimate of drug-likeness (QED) is 0.170. The van der Waals surface area contributed by atoms with Crippen LogP contribution < -0.4 is 16.0 Å². The minimum Gasteiger partial charge on any atom is -0.324 e. The van der Waals surface area contributed by atoms with E-state index in [-0.39, 0.29) is 11.8 Å². The first-order valence-electron chi connectivity index (χ1n) is 15.6. The van der Waals surface area contributed by atoms with Crippen molar-refractivity contribution >= 4 is 23.2 Å². The van der Waals surface area contributed by atoms with E-state index in [1.54, 1.807) is 0 Å². The fraction of sp³-hybridized carbons (Fsp3) is 0.588. The number of amides is 2. The molecule has 228 valence electrons. The van der Waals surface area contributed by atoms with Crippen molar-refractivity contribution in [3.8, 4) is 0 Å². The Morgan fingerprint density at radius 2 is 1.07 bits per heavy atom. The Morgan fingerprint density at radius 3 is 1.56 bits per heavy atom. The molecule has 0 bridgehead atoms. The van der Waals surface area contributed by atoms with Crippen LogP contribution in [-0.2, 0) is 9.59 Å². The molecular weight excluding hydrogens is 510 g/mol. The molecule has 2 aromatic carbocycles. The average Bonchev–Trinajstić information content (AvgIpc) is 2.93. The summed E-state index contributed by atoms with van der Waals surface area (Å²) in [6.07, 6.45) is 6.58. The molecule has 2 rings (SSSR count). The summed E-state index contributed by atoms with van der Waals surface area (Å²) < 4.78 is 0. The standard InChI is InChI=1S/C34H55N5O2/c1-7-9-22-39(26-32(41)37-34-29(5)17-14-18-30(34)6)23-12-10-11-19-35-20-24-38(21-8-2)25-31(40)36-33-27(3)15-13-16-28(33)4/h13-18,35H,7-12,19-26H2,1-6H3,(H,36,40)(H,37,41). The third kappa shape index (κ3) is 13.2. The molecule has 0 radical (unpaired) electrons. The molecule has 0 heterocycles. The number of hydrogen-bond acceptors (Lipinski definition) is 5. The molecule has 0 atom stereocenters. The fourth-order valence-electron chi connectivity index (χ4n) is 5.15. The van der Waals surface area contributed by atoms with Crippen molar-refractivity contribution in [2.24, 2.45) is 0 Å². The Labute approximate surface area is 249 Å². The van der Waals surface area contributed by atoms with Gasteiger partial charge in [0.05, 0.1) is 13.1 Å². The van der Waals surface area contributed by atoms with E-state index in [9.17, 15) is 9.59 Å². The van der Waals surface area contributed by atoms with Crippen LogP contribution in [0.4, 0.5) is 11.4 Å². The number of hydrogen-bond donors (Lipinski definition) is 3. The molecule has 7 nitrogen and oxygen atoms in total. The van der Waals surface area contributed by atoms with Crippen molar-refractivity contribution in [1.29, 1.82) is 0 Å². The Kier molecular flexibility index (Phi) is 16.3. The third-order valence-corrected chi connectivity index (χ3v) is 7.53. The number of unbranched alkanes of at least 4 members (excludes halogenated alkanes) is 3. The third-order valence-electron chi connectivity index (χ3n) is 7.53. The first kappa shape index (κ1) is 34.5. The Bertz CT molecular complexity index is 1030. The van der Waals surface area contributed by atoms with E-state index in [1.165, 1.54) is 0 Å². The lowest BCUT2D eigenvalue weighted by molar-refractivity contribution is -0.118. The maximum atomic E-state index is 12.8. The van der Waals surface area contributed by atoms with Crippen LogP contribution in [0.2, 0.25) is 0 Å². The Balaban J connectivity index is 1.66. The molecule has 0 unspecified atom stereocenters. The monoisotopic (exact) mass is 565 g/mol. The topological polar surface area (TPSA) is 76.7 Å². The van der Waals surface area contributed by atoms with Gasteiger partial charge < -0.3 is 16.0 Å². The normalized spacial score (nSPS) is 11.3. The second kappa shape index (κ2) is 19.4. The zero-order valence-corrected chi connectivity index (χ0v) is 26.6. The molecule has 41 heavy (non-hydrogen) atoms. The van der Waals surface area contributed by atoms with Crippen molar-refractivity contribution in [1.82, 2.24) is 15.1 Å². The molecular formula is C34H55N5O2. The molecule has 2 amide bonds. The minimum absolute atomic E-state index is 0.0474. The predicted octanol–water partition coefficient (Wildman–Crippen LogP) is 6.07. The number of benzene rings is 2. The van der Waals surface area contributed by atoms with Gasteiger partial charge in [0.25, 0.3) is 0 Å². The molecule has 0 aliphatic rings. The zero-order chi connectivity index (χ0) is 30.0. The number of nitrogens with zero attached hydrogens (tertiary/aromatic N) is 2. The van der Waals surface area contributed by atoms with Gasteiger partial charge in [0.15, 0.2) is 0 Å². The van der Waals surface area contributed by atoms with Gasteiger partial charge in [-0.15, -0.1) is 0 Å². The molecule has 3 N–H and O–H groups in total. The molecule has 0 aromatic heterocycles. The van der Waals surface area contributed by atoms with Crippen molar-refractivity contribution < 1.29 is 9.59 Å². The summed E-state index contributed by atoms with van der Waals surface area (Å²) in [5.41, 5.74) is 6.27. The summed E-state index contributed by atoms with van der Waals surface area (Å²) in [6, 6.07) is 12.2. The lowest BCUT2D eigenvalue weighted by Gasteiger charge is -2.22. The molecule has 2 aromatic rings. The number of aryl methyl sites for hydroxylation is 4. The fourth-order valence-corrected chi connectivity index (χ4v) is 5.15. The van der Waals surface area contributed by atoms with Crippen LogP contribution in [0.25, 0.3) is 0 Å². The van der Waals surface area contributed by atoms with Gasteiger partial charge >= 0.3 is 0 Å². The van der Waals surface area contributed by atoms with Crippen LogP contribution in [0.1, 0.15) is 74.6 Å². The number of nitrogens with one attached hydrogen (secondary N) is 3. The zero-order valence-electron chi connectivity index (χ0n) is 26.6. The molecule has 0 saturated carbocycles.